The van der Waals surface area contributed by atoms with Crippen LogP contribution in [-0.2, 0) is 12.8 Å². The predicted molar refractivity (Wildman–Crippen MR) is 87.9 cm³/mol. The lowest BCUT2D eigenvalue weighted by molar-refractivity contribution is 0.891. The quantitative estimate of drug-likeness (QED) is 0.647. The molecule has 3 rings (SSSR count). The highest BCUT2D eigenvalue weighted by Gasteiger charge is 2.19. The summed E-state index contributed by atoms with van der Waals surface area (Å²) in [5.41, 5.74) is 8.66. The van der Waals surface area contributed by atoms with E-state index in [1.807, 2.05) is 6.07 Å². The molecule has 6 heteroatoms. The van der Waals surface area contributed by atoms with Crippen molar-refractivity contribution in [1.29, 1.82) is 5.41 Å². The fourth-order valence-electron chi connectivity index (χ4n) is 2.38. The molecule has 0 spiro atoms. The van der Waals surface area contributed by atoms with E-state index in [1.165, 1.54) is 17.3 Å². The largest absolute Gasteiger partial charge is 0.384 e. The average Bonchev–Trinajstić information content (AvgIpc) is 2.89. The maximum Gasteiger partial charge on any atom is 0.125 e. The van der Waals surface area contributed by atoms with Gasteiger partial charge in [0.2, 0.25) is 0 Å². The highest BCUT2D eigenvalue weighted by Crippen LogP contribution is 2.37. The molecule has 21 heavy (non-hydrogen) atoms. The zero-order valence-electron chi connectivity index (χ0n) is 11.1. The Morgan fingerprint density at radius 2 is 2.05 bits per heavy atom. The predicted octanol–water partition coefficient (Wildman–Crippen LogP) is 4.31. The third-order valence-electron chi connectivity index (χ3n) is 3.41. The minimum Gasteiger partial charge on any atom is -0.384 e. The van der Waals surface area contributed by atoms with Crippen LogP contribution >= 0.6 is 35.0 Å². The molecule has 3 N–H and O–H groups in total. The Morgan fingerprint density at radius 1 is 1.24 bits per heavy atom. The number of amidine groups is 1. The van der Waals surface area contributed by atoms with E-state index >= 15 is 0 Å². The number of nitrogens with two attached hydrogens (primary N) is 1. The van der Waals surface area contributed by atoms with Crippen molar-refractivity contribution < 1.29 is 0 Å². The number of hydrogen-bond donors (Lipinski definition) is 2. The number of nitrogens with one attached hydrogen (secondary N) is 1. The van der Waals surface area contributed by atoms with E-state index in [4.69, 9.17) is 34.3 Å². The topological polar surface area (TPSA) is 62.8 Å². The summed E-state index contributed by atoms with van der Waals surface area (Å²) in [4.78, 5) is 5.50. The molecule has 1 aliphatic carbocycles. The molecule has 1 aromatic carbocycles. The Morgan fingerprint density at radius 3 is 2.81 bits per heavy atom. The van der Waals surface area contributed by atoms with Crippen LogP contribution in [0.25, 0.3) is 0 Å². The zero-order valence-corrected chi connectivity index (χ0v) is 13.4. The van der Waals surface area contributed by atoms with Crippen LogP contribution in [0.5, 0.6) is 0 Å². The van der Waals surface area contributed by atoms with Crippen LogP contribution in [0.1, 0.15) is 23.2 Å². The fourth-order valence-corrected chi connectivity index (χ4v) is 3.85. The van der Waals surface area contributed by atoms with Gasteiger partial charge in [-0.1, -0.05) is 35.0 Å². The lowest BCUT2D eigenvalue weighted by atomic mass is 10.1. The molecule has 1 aliphatic rings. The summed E-state index contributed by atoms with van der Waals surface area (Å²) in [6.45, 7) is 0. The van der Waals surface area contributed by atoms with Gasteiger partial charge in [0, 0.05) is 21.2 Å². The molecule has 0 unspecified atom stereocenters. The number of aryl methyl sites for hydroxylation is 2. The molecule has 0 aliphatic heterocycles. The summed E-state index contributed by atoms with van der Waals surface area (Å²) in [5.74, 6) is 0.0258. The number of fused-ring (bicyclic) bond motifs is 1. The number of halogens is 2. The van der Waals surface area contributed by atoms with Crippen molar-refractivity contribution in [2.24, 2.45) is 5.73 Å². The van der Waals surface area contributed by atoms with Gasteiger partial charge in [-0.2, -0.15) is 0 Å². The molecule has 0 saturated carbocycles. The molecule has 2 aromatic rings. The second kappa shape index (κ2) is 5.87. The second-order valence-corrected chi connectivity index (χ2v) is 6.77. The third-order valence-corrected chi connectivity index (χ3v) is 5.14. The Balaban J connectivity index is 2.05. The highest BCUT2D eigenvalue weighted by atomic mass is 35.5. The van der Waals surface area contributed by atoms with Gasteiger partial charge in [-0.3, -0.25) is 5.41 Å². The summed E-state index contributed by atoms with van der Waals surface area (Å²) in [7, 11) is 0. The first-order valence-electron chi connectivity index (χ1n) is 6.54. The van der Waals surface area contributed by atoms with Gasteiger partial charge in [0.15, 0.2) is 0 Å². The van der Waals surface area contributed by atoms with Gasteiger partial charge in [0.1, 0.15) is 10.9 Å². The van der Waals surface area contributed by atoms with Gasteiger partial charge in [0.05, 0.1) is 5.02 Å². The van der Waals surface area contributed by atoms with Crippen molar-refractivity contribution >= 4 is 40.8 Å². The molecule has 0 bridgehead atoms. The molecular weight excluding hydrogens is 325 g/mol. The van der Waals surface area contributed by atoms with Crippen LogP contribution in [0.15, 0.2) is 34.2 Å². The van der Waals surface area contributed by atoms with Gasteiger partial charge in [-0.15, -0.1) is 0 Å². The lowest BCUT2D eigenvalue weighted by Gasteiger charge is -2.11. The first kappa shape index (κ1) is 14.7. The first-order chi connectivity index (χ1) is 10.0. The molecule has 108 valence electrons. The maximum atomic E-state index is 7.77. The molecule has 0 atom stereocenters. The summed E-state index contributed by atoms with van der Waals surface area (Å²) < 4.78 is 0. The van der Waals surface area contributed by atoms with E-state index in [2.05, 4.69) is 4.98 Å². The number of pyridine rings is 1. The highest BCUT2D eigenvalue weighted by molar-refractivity contribution is 7.99. The fraction of sp³-hybridized carbons (Fsp3) is 0.200. The van der Waals surface area contributed by atoms with Crippen molar-refractivity contribution in [3.63, 3.8) is 0 Å². The first-order valence-corrected chi connectivity index (χ1v) is 8.12. The molecule has 0 radical (unpaired) electrons. The summed E-state index contributed by atoms with van der Waals surface area (Å²) in [6.07, 6.45) is 3.08. The number of nitrogens with zero attached hydrogens (tertiary/aromatic N) is 1. The van der Waals surface area contributed by atoms with Gasteiger partial charge in [-0.25, -0.2) is 4.98 Å². The lowest BCUT2D eigenvalue weighted by Crippen LogP contribution is -2.14. The Hall–Kier alpha value is -1.23. The smallest absolute Gasteiger partial charge is 0.125 e. The van der Waals surface area contributed by atoms with Crippen molar-refractivity contribution in [3.8, 4) is 0 Å². The van der Waals surface area contributed by atoms with Crippen molar-refractivity contribution in [2.45, 2.75) is 29.2 Å². The van der Waals surface area contributed by atoms with Crippen molar-refractivity contribution in [3.05, 3.63) is 51.1 Å². The van der Waals surface area contributed by atoms with E-state index in [0.717, 1.165) is 29.9 Å². The molecule has 0 saturated heterocycles. The van der Waals surface area contributed by atoms with Crippen LogP contribution in [0.2, 0.25) is 10.0 Å². The molecule has 0 amide bonds. The van der Waals surface area contributed by atoms with Gasteiger partial charge < -0.3 is 5.73 Å². The van der Waals surface area contributed by atoms with Crippen LogP contribution in [0, 0.1) is 5.41 Å². The molecular formula is C15H13Cl2N3S. The number of benzene rings is 1. The standard InChI is InChI=1S/C15H13Cl2N3S/c16-9-4-5-11(17)13(7-9)21-15-10(14(18)19)6-8-2-1-3-12(8)20-15/h4-7H,1-3H2,(H3,18,19). The summed E-state index contributed by atoms with van der Waals surface area (Å²) >= 11 is 13.6. The van der Waals surface area contributed by atoms with Crippen LogP contribution in [0.3, 0.4) is 0 Å². The average molecular weight is 338 g/mol. The Bertz CT molecular complexity index is 731. The number of rotatable bonds is 3. The number of hydrogen-bond acceptors (Lipinski definition) is 3. The normalized spacial score (nSPS) is 13.2. The summed E-state index contributed by atoms with van der Waals surface area (Å²) in [6, 6.07) is 7.29. The number of nitrogen functional groups attached to an aromatic ring is 1. The van der Waals surface area contributed by atoms with Gasteiger partial charge in [0.25, 0.3) is 0 Å². The van der Waals surface area contributed by atoms with E-state index in [0.29, 0.717) is 20.6 Å². The number of aromatic nitrogens is 1. The van der Waals surface area contributed by atoms with Crippen LogP contribution < -0.4 is 5.73 Å². The SMILES string of the molecule is N=C(N)c1cc2c(nc1Sc1cc(Cl)ccc1Cl)CCC2. The molecule has 0 fully saturated rings. The minimum atomic E-state index is 0.0258. The second-order valence-electron chi connectivity index (χ2n) is 4.89. The van der Waals surface area contributed by atoms with Gasteiger partial charge >= 0.3 is 0 Å². The zero-order chi connectivity index (χ0) is 15.0. The van der Waals surface area contributed by atoms with E-state index < -0.39 is 0 Å². The Kier molecular flexibility index (Phi) is 4.11. The Labute approximate surface area is 137 Å². The third kappa shape index (κ3) is 3.03. The van der Waals surface area contributed by atoms with Gasteiger partial charge in [-0.05, 0) is 49.1 Å². The van der Waals surface area contributed by atoms with Crippen LogP contribution in [-0.4, -0.2) is 10.8 Å². The molecule has 1 heterocycles. The van der Waals surface area contributed by atoms with Crippen LogP contribution in [0.4, 0.5) is 0 Å². The van der Waals surface area contributed by atoms with E-state index in [-0.39, 0.29) is 5.84 Å². The van der Waals surface area contributed by atoms with Crippen molar-refractivity contribution in [1.82, 2.24) is 4.98 Å². The van der Waals surface area contributed by atoms with Crippen molar-refractivity contribution in [2.75, 3.05) is 0 Å². The molecule has 3 nitrogen and oxygen atoms in total. The maximum absolute atomic E-state index is 7.77. The molecule has 1 aromatic heterocycles. The summed E-state index contributed by atoms with van der Waals surface area (Å²) in [5, 5.41) is 9.71. The minimum absolute atomic E-state index is 0.0258. The van der Waals surface area contributed by atoms with E-state index in [9.17, 15) is 0 Å². The van der Waals surface area contributed by atoms with E-state index in [1.54, 1.807) is 18.2 Å². The monoisotopic (exact) mass is 337 g/mol.